The predicted octanol–water partition coefficient (Wildman–Crippen LogP) is 4.84. The Bertz CT molecular complexity index is 942. The number of ketones is 1. The Morgan fingerprint density at radius 2 is 1.64 bits per heavy atom. The second kappa shape index (κ2) is 7.33. The normalized spacial score (nSPS) is 12.7. The average molecular weight is 370 g/mol. The fourth-order valence-corrected chi connectivity index (χ4v) is 5.51. The number of carbonyl (C=O) groups is 1. The minimum atomic E-state index is -3.65. The fourth-order valence-electron chi connectivity index (χ4n) is 2.64. The summed E-state index contributed by atoms with van der Waals surface area (Å²) in [4.78, 5) is 13.6. The van der Waals surface area contributed by atoms with Crippen molar-refractivity contribution in [2.24, 2.45) is 0 Å². The Labute approximate surface area is 151 Å². The number of sulfone groups is 1. The summed E-state index contributed by atoms with van der Waals surface area (Å²) in [6, 6.07) is 19.1. The topological polar surface area (TPSA) is 51.2 Å². The molecule has 1 atom stereocenters. The monoisotopic (exact) mass is 370 g/mol. The maximum atomic E-state index is 13.1. The van der Waals surface area contributed by atoms with Crippen LogP contribution in [-0.2, 0) is 9.84 Å². The molecule has 0 saturated carbocycles. The van der Waals surface area contributed by atoms with Crippen LogP contribution in [0.15, 0.2) is 77.0 Å². The van der Waals surface area contributed by atoms with Crippen molar-refractivity contribution in [1.82, 2.24) is 0 Å². The van der Waals surface area contributed by atoms with Gasteiger partial charge in [-0.05, 0) is 30.5 Å². The molecule has 1 heterocycles. The van der Waals surface area contributed by atoms with Gasteiger partial charge >= 0.3 is 0 Å². The lowest BCUT2D eigenvalue weighted by Crippen LogP contribution is -2.17. The van der Waals surface area contributed by atoms with Gasteiger partial charge in [0.05, 0.1) is 4.90 Å². The number of benzene rings is 2. The number of Topliss-reactive ketones (excluding diaryl/α,β-unsaturated/α-hetero) is 1. The van der Waals surface area contributed by atoms with Crippen LogP contribution in [0.4, 0.5) is 0 Å². The van der Waals surface area contributed by atoms with Gasteiger partial charge in [0.15, 0.2) is 15.6 Å². The van der Waals surface area contributed by atoms with Gasteiger partial charge < -0.3 is 0 Å². The molecule has 0 saturated heterocycles. The van der Waals surface area contributed by atoms with Crippen LogP contribution in [0.25, 0.3) is 0 Å². The number of rotatable bonds is 6. The second-order valence-electron chi connectivity index (χ2n) is 5.86. The van der Waals surface area contributed by atoms with E-state index < -0.39 is 15.1 Å². The van der Waals surface area contributed by atoms with Crippen LogP contribution in [0.1, 0.15) is 32.5 Å². The van der Waals surface area contributed by atoms with Crippen LogP contribution < -0.4 is 0 Å². The van der Waals surface area contributed by atoms with Crippen LogP contribution in [-0.4, -0.2) is 14.2 Å². The molecule has 0 radical (unpaired) electrons. The SMILES string of the molecule is Cc1ccc(C(=O)CC(c2cccs2)S(=O)(=O)c2ccccc2)cc1. The van der Waals surface area contributed by atoms with E-state index in [0.29, 0.717) is 10.4 Å². The van der Waals surface area contributed by atoms with Crippen molar-refractivity contribution in [3.8, 4) is 0 Å². The number of carbonyl (C=O) groups excluding carboxylic acids is 1. The van der Waals surface area contributed by atoms with E-state index in [9.17, 15) is 13.2 Å². The van der Waals surface area contributed by atoms with E-state index in [4.69, 9.17) is 0 Å². The van der Waals surface area contributed by atoms with Gasteiger partial charge in [0.25, 0.3) is 0 Å². The first kappa shape index (κ1) is 17.6. The summed E-state index contributed by atoms with van der Waals surface area (Å²) in [6.45, 7) is 1.95. The van der Waals surface area contributed by atoms with Gasteiger partial charge in [-0.2, -0.15) is 0 Å². The van der Waals surface area contributed by atoms with Gasteiger partial charge in [-0.1, -0.05) is 54.1 Å². The van der Waals surface area contributed by atoms with Crippen molar-refractivity contribution in [1.29, 1.82) is 0 Å². The van der Waals surface area contributed by atoms with E-state index in [0.717, 1.165) is 5.56 Å². The molecule has 0 aliphatic rings. The van der Waals surface area contributed by atoms with Crippen molar-refractivity contribution in [2.45, 2.75) is 23.5 Å². The van der Waals surface area contributed by atoms with Crippen molar-refractivity contribution in [3.05, 3.63) is 88.1 Å². The third kappa shape index (κ3) is 3.89. The van der Waals surface area contributed by atoms with E-state index in [1.54, 1.807) is 48.5 Å². The van der Waals surface area contributed by atoms with Gasteiger partial charge in [0, 0.05) is 16.9 Å². The molecular weight excluding hydrogens is 352 g/mol. The minimum Gasteiger partial charge on any atom is -0.294 e. The van der Waals surface area contributed by atoms with Crippen molar-refractivity contribution < 1.29 is 13.2 Å². The van der Waals surface area contributed by atoms with Gasteiger partial charge in [0.2, 0.25) is 0 Å². The molecule has 3 nitrogen and oxygen atoms in total. The zero-order valence-corrected chi connectivity index (χ0v) is 15.4. The molecule has 0 aliphatic heterocycles. The second-order valence-corrected chi connectivity index (χ2v) is 8.97. The van der Waals surface area contributed by atoms with E-state index in [1.807, 2.05) is 30.5 Å². The molecule has 128 valence electrons. The third-order valence-electron chi connectivity index (χ3n) is 4.05. The molecule has 3 aromatic rings. The van der Waals surface area contributed by atoms with E-state index in [1.165, 1.54) is 11.3 Å². The van der Waals surface area contributed by atoms with Gasteiger partial charge in [0.1, 0.15) is 5.25 Å². The maximum absolute atomic E-state index is 13.1. The van der Waals surface area contributed by atoms with Gasteiger partial charge in [-0.3, -0.25) is 4.79 Å². The first-order valence-corrected chi connectivity index (χ1v) is 10.3. The summed E-state index contributed by atoms with van der Waals surface area (Å²) >= 11 is 1.36. The summed E-state index contributed by atoms with van der Waals surface area (Å²) in [5, 5.41) is 0.961. The van der Waals surface area contributed by atoms with Gasteiger partial charge in [-0.25, -0.2) is 8.42 Å². The van der Waals surface area contributed by atoms with Crippen molar-refractivity contribution in [2.75, 3.05) is 0 Å². The number of thiophene rings is 1. The lowest BCUT2D eigenvalue weighted by molar-refractivity contribution is 0.0981. The molecule has 2 aromatic carbocycles. The quantitative estimate of drug-likeness (QED) is 0.583. The maximum Gasteiger partial charge on any atom is 0.186 e. The Kier molecular flexibility index (Phi) is 5.16. The van der Waals surface area contributed by atoms with Crippen LogP contribution in [0.2, 0.25) is 0 Å². The Balaban J connectivity index is 1.96. The third-order valence-corrected chi connectivity index (χ3v) is 7.29. The average Bonchev–Trinajstić information content (AvgIpc) is 3.15. The summed E-state index contributed by atoms with van der Waals surface area (Å²) < 4.78 is 26.2. The standard InChI is InChI=1S/C20H18O3S2/c1-15-9-11-16(12-10-15)18(21)14-20(19-8-5-13-24-19)25(22,23)17-6-3-2-4-7-17/h2-13,20H,14H2,1H3. The highest BCUT2D eigenvalue weighted by atomic mass is 32.2. The molecule has 3 rings (SSSR count). The first-order chi connectivity index (χ1) is 12.0. The molecule has 25 heavy (non-hydrogen) atoms. The molecular formula is C20H18O3S2. The Morgan fingerprint density at radius 1 is 0.960 bits per heavy atom. The minimum absolute atomic E-state index is 0.0686. The summed E-state index contributed by atoms with van der Waals surface area (Å²) in [6.07, 6.45) is -0.0686. The van der Waals surface area contributed by atoms with Crippen molar-refractivity contribution in [3.63, 3.8) is 0 Å². The molecule has 0 spiro atoms. The molecule has 0 aliphatic carbocycles. The summed E-state index contributed by atoms with van der Waals surface area (Å²) in [5.74, 6) is -0.169. The largest absolute Gasteiger partial charge is 0.294 e. The van der Waals surface area contributed by atoms with Gasteiger partial charge in [-0.15, -0.1) is 11.3 Å². The molecule has 0 N–H and O–H groups in total. The highest BCUT2D eigenvalue weighted by Gasteiger charge is 2.32. The lowest BCUT2D eigenvalue weighted by atomic mass is 10.0. The van der Waals surface area contributed by atoms with Crippen molar-refractivity contribution >= 4 is 27.0 Å². The molecule has 1 aromatic heterocycles. The van der Waals surface area contributed by atoms with Crippen LogP contribution in [0.5, 0.6) is 0 Å². The number of aryl methyl sites for hydroxylation is 1. The summed E-state index contributed by atoms with van der Waals surface area (Å²) in [5.41, 5.74) is 1.60. The Morgan fingerprint density at radius 3 is 2.24 bits per heavy atom. The zero-order chi connectivity index (χ0) is 17.9. The lowest BCUT2D eigenvalue weighted by Gasteiger charge is -2.16. The predicted molar refractivity (Wildman–Crippen MR) is 101 cm³/mol. The number of hydrogen-bond donors (Lipinski definition) is 0. The molecule has 5 heteroatoms. The molecule has 1 unspecified atom stereocenters. The number of hydrogen-bond acceptors (Lipinski definition) is 4. The van der Waals surface area contributed by atoms with E-state index in [2.05, 4.69) is 0 Å². The molecule has 0 amide bonds. The molecule has 0 bridgehead atoms. The first-order valence-electron chi connectivity index (χ1n) is 7.90. The van der Waals surface area contributed by atoms with Crippen LogP contribution in [0.3, 0.4) is 0 Å². The highest BCUT2D eigenvalue weighted by molar-refractivity contribution is 7.91. The van der Waals surface area contributed by atoms with Crippen LogP contribution in [0, 0.1) is 6.92 Å². The summed E-state index contributed by atoms with van der Waals surface area (Å²) in [7, 11) is -3.65. The molecule has 0 fully saturated rings. The highest BCUT2D eigenvalue weighted by Crippen LogP contribution is 2.35. The fraction of sp³-hybridized carbons (Fsp3) is 0.150. The zero-order valence-electron chi connectivity index (χ0n) is 13.8. The van der Waals surface area contributed by atoms with E-state index in [-0.39, 0.29) is 17.1 Å². The smallest absolute Gasteiger partial charge is 0.186 e. The van der Waals surface area contributed by atoms with E-state index >= 15 is 0 Å². The van der Waals surface area contributed by atoms with Crippen LogP contribution >= 0.6 is 11.3 Å². The Hall–Kier alpha value is -2.24.